The van der Waals surface area contributed by atoms with Gasteiger partial charge in [0.2, 0.25) is 0 Å². The van der Waals surface area contributed by atoms with Crippen LogP contribution in [0.25, 0.3) is 0 Å². The Morgan fingerprint density at radius 3 is 2.50 bits per heavy atom. The van der Waals surface area contributed by atoms with E-state index in [1.807, 2.05) is 0 Å². The van der Waals surface area contributed by atoms with E-state index in [2.05, 4.69) is 0 Å². The zero-order chi connectivity index (χ0) is 12.4. The summed E-state index contributed by atoms with van der Waals surface area (Å²) in [4.78, 5) is 11.2. The zero-order valence-corrected chi connectivity index (χ0v) is 11.2. The van der Waals surface area contributed by atoms with E-state index in [1.165, 1.54) is 25.7 Å². The van der Waals surface area contributed by atoms with Crippen molar-refractivity contribution in [2.45, 2.75) is 82.0 Å². The van der Waals surface area contributed by atoms with Crippen LogP contribution < -0.4 is 0 Å². The summed E-state index contributed by atoms with van der Waals surface area (Å²) in [7, 11) is 0. The van der Waals surface area contributed by atoms with Gasteiger partial charge in [0.1, 0.15) is 5.78 Å². The maximum atomic E-state index is 11.2. The van der Waals surface area contributed by atoms with E-state index < -0.39 is 0 Å². The minimum absolute atomic E-state index is 0.146. The number of hydrogen-bond acceptors (Lipinski definition) is 3. The van der Waals surface area contributed by atoms with Crippen molar-refractivity contribution in [1.29, 1.82) is 0 Å². The maximum absolute atomic E-state index is 11.2. The lowest BCUT2D eigenvalue weighted by atomic mass is 9.89. The van der Waals surface area contributed by atoms with Gasteiger partial charge in [0.05, 0.1) is 17.8 Å². The van der Waals surface area contributed by atoms with Gasteiger partial charge in [-0.1, -0.05) is 12.8 Å². The van der Waals surface area contributed by atoms with Crippen LogP contribution in [-0.4, -0.2) is 30.2 Å². The van der Waals surface area contributed by atoms with Crippen molar-refractivity contribution < 1.29 is 14.3 Å². The van der Waals surface area contributed by atoms with Gasteiger partial charge in [-0.05, 0) is 32.1 Å². The summed E-state index contributed by atoms with van der Waals surface area (Å²) in [5.74, 6) is 0.411. The van der Waals surface area contributed by atoms with E-state index in [0.717, 1.165) is 45.1 Å². The molecule has 0 radical (unpaired) electrons. The number of ketones is 1. The molecule has 0 bridgehead atoms. The van der Waals surface area contributed by atoms with Crippen LogP contribution in [0.2, 0.25) is 0 Å². The van der Waals surface area contributed by atoms with Gasteiger partial charge in [-0.2, -0.15) is 0 Å². The topological polar surface area (TPSA) is 35.5 Å². The molecule has 1 aliphatic heterocycles. The first-order chi connectivity index (χ1) is 8.76. The molecular weight excluding hydrogens is 228 g/mol. The summed E-state index contributed by atoms with van der Waals surface area (Å²) in [5, 5.41) is 0. The third-order valence-corrected chi connectivity index (χ3v) is 4.84. The minimum Gasteiger partial charge on any atom is -0.375 e. The molecule has 3 fully saturated rings. The van der Waals surface area contributed by atoms with Crippen LogP contribution in [0.5, 0.6) is 0 Å². The van der Waals surface area contributed by atoms with Gasteiger partial charge in [0.15, 0.2) is 0 Å². The van der Waals surface area contributed by atoms with Crippen LogP contribution in [0.1, 0.15) is 64.2 Å². The van der Waals surface area contributed by atoms with E-state index >= 15 is 0 Å². The predicted molar refractivity (Wildman–Crippen MR) is 68.5 cm³/mol. The molecule has 3 nitrogen and oxygen atoms in total. The van der Waals surface area contributed by atoms with Crippen LogP contribution in [0.3, 0.4) is 0 Å². The molecule has 0 N–H and O–H groups in total. The van der Waals surface area contributed by atoms with Crippen LogP contribution in [0.4, 0.5) is 0 Å². The van der Waals surface area contributed by atoms with Crippen LogP contribution in [0.15, 0.2) is 0 Å². The summed E-state index contributed by atoms with van der Waals surface area (Å²) in [6.45, 7) is 0.857. The number of ether oxygens (including phenoxy) is 2. The fourth-order valence-electron chi connectivity index (χ4n) is 3.79. The second-order valence-electron chi connectivity index (χ2n) is 6.23. The van der Waals surface area contributed by atoms with E-state index in [9.17, 15) is 4.79 Å². The monoisotopic (exact) mass is 252 g/mol. The molecule has 2 saturated carbocycles. The Morgan fingerprint density at radius 2 is 1.78 bits per heavy atom. The molecule has 1 heterocycles. The standard InChI is InChI=1S/C15H24O3/c16-12-3-5-13(6-4-12)18-14-7-10-17-15(11-14)8-1-2-9-15/h13-14H,1-11H2. The Morgan fingerprint density at radius 1 is 1.06 bits per heavy atom. The summed E-state index contributed by atoms with van der Waals surface area (Å²) >= 11 is 0. The molecule has 3 aliphatic rings. The van der Waals surface area contributed by atoms with Crippen molar-refractivity contribution in [2.75, 3.05) is 6.61 Å². The summed E-state index contributed by atoms with van der Waals surface area (Å²) in [6, 6.07) is 0. The Hall–Kier alpha value is -0.410. The molecule has 3 heteroatoms. The van der Waals surface area contributed by atoms with Gasteiger partial charge in [0.25, 0.3) is 0 Å². The average Bonchev–Trinajstić information content (AvgIpc) is 2.80. The van der Waals surface area contributed by atoms with Gasteiger partial charge in [0, 0.05) is 25.9 Å². The van der Waals surface area contributed by atoms with E-state index in [4.69, 9.17) is 9.47 Å². The Balaban J connectivity index is 1.51. The number of carbonyl (C=O) groups excluding carboxylic acids is 1. The molecule has 18 heavy (non-hydrogen) atoms. The van der Waals surface area contributed by atoms with Crippen molar-refractivity contribution in [2.24, 2.45) is 0 Å². The van der Waals surface area contributed by atoms with E-state index in [-0.39, 0.29) is 5.60 Å². The third-order valence-electron chi connectivity index (χ3n) is 4.84. The first-order valence-corrected chi connectivity index (χ1v) is 7.57. The molecule has 0 aromatic carbocycles. The van der Waals surface area contributed by atoms with Crippen molar-refractivity contribution >= 4 is 5.78 Å². The molecule has 1 saturated heterocycles. The summed E-state index contributed by atoms with van der Waals surface area (Å²) < 4.78 is 12.3. The molecule has 0 aromatic heterocycles. The van der Waals surface area contributed by atoms with E-state index in [0.29, 0.717) is 18.0 Å². The fourth-order valence-corrected chi connectivity index (χ4v) is 3.79. The molecule has 1 atom stereocenters. The fraction of sp³-hybridized carbons (Fsp3) is 0.933. The molecule has 2 aliphatic carbocycles. The first-order valence-electron chi connectivity index (χ1n) is 7.57. The van der Waals surface area contributed by atoms with Crippen molar-refractivity contribution in [3.05, 3.63) is 0 Å². The van der Waals surface area contributed by atoms with Crippen molar-refractivity contribution in [3.63, 3.8) is 0 Å². The highest BCUT2D eigenvalue weighted by Crippen LogP contribution is 2.41. The summed E-state index contributed by atoms with van der Waals surface area (Å²) in [6.07, 6.45) is 11.2. The summed E-state index contributed by atoms with van der Waals surface area (Å²) in [5.41, 5.74) is 0.146. The first kappa shape index (κ1) is 12.6. The molecule has 0 aromatic rings. The van der Waals surface area contributed by atoms with E-state index in [1.54, 1.807) is 0 Å². The molecular formula is C15H24O3. The molecule has 0 amide bonds. The minimum atomic E-state index is 0.146. The van der Waals surface area contributed by atoms with Gasteiger partial charge in [-0.3, -0.25) is 4.79 Å². The SMILES string of the molecule is O=C1CCC(OC2CCOC3(CCCC3)C2)CC1. The molecule has 3 rings (SSSR count). The second-order valence-corrected chi connectivity index (χ2v) is 6.23. The Labute approximate surface area is 109 Å². The number of hydrogen-bond donors (Lipinski definition) is 0. The maximum Gasteiger partial charge on any atom is 0.133 e. The van der Waals surface area contributed by atoms with Gasteiger partial charge >= 0.3 is 0 Å². The average molecular weight is 252 g/mol. The lowest BCUT2D eigenvalue weighted by molar-refractivity contribution is -0.151. The highest BCUT2D eigenvalue weighted by Gasteiger charge is 2.40. The molecule has 1 unspecified atom stereocenters. The zero-order valence-electron chi connectivity index (χ0n) is 11.2. The smallest absolute Gasteiger partial charge is 0.133 e. The van der Waals surface area contributed by atoms with Gasteiger partial charge in [-0.15, -0.1) is 0 Å². The number of carbonyl (C=O) groups is 1. The molecule has 102 valence electrons. The number of Topliss-reactive ketones (excluding diaryl/α,β-unsaturated/α-hetero) is 1. The van der Waals surface area contributed by atoms with Crippen LogP contribution in [0, 0.1) is 0 Å². The lowest BCUT2D eigenvalue weighted by Gasteiger charge is -2.39. The Kier molecular flexibility index (Phi) is 3.71. The van der Waals surface area contributed by atoms with Gasteiger partial charge in [-0.25, -0.2) is 0 Å². The highest BCUT2D eigenvalue weighted by atomic mass is 16.5. The normalized spacial score (nSPS) is 33.1. The van der Waals surface area contributed by atoms with Crippen molar-refractivity contribution in [1.82, 2.24) is 0 Å². The quantitative estimate of drug-likeness (QED) is 0.758. The highest BCUT2D eigenvalue weighted by molar-refractivity contribution is 5.79. The number of rotatable bonds is 2. The van der Waals surface area contributed by atoms with Gasteiger partial charge < -0.3 is 9.47 Å². The lowest BCUT2D eigenvalue weighted by Crippen LogP contribution is -2.42. The van der Waals surface area contributed by atoms with Crippen LogP contribution >= 0.6 is 0 Å². The Bertz CT molecular complexity index is 297. The third kappa shape index (κ3) is 2.77. The van der Waals surface area contributed by atoms with Crippen molar-refractivity contribution in [3.8, 4) is 0 Å². The van der Waals surface area contributed by atoms with Crippen LogP contribution in [-0.2, 0) is 14.3 Å². The predicted octanol–water partition coefficient (Wildman–Crippen LogP) is 3.01. The molecule has 1 spiro atoms. The second kappa shape index (κ2) is 5.30. The largest absolute Gasteiger partial charge is 0.375 e.